The van der Waals surface area contributed by atoms with Gasteiger partial charge in [0.15, 0.2) is 0 Å². The van der Waals surface area contributed by atoms with Crippen molar-refractivity contribution in [3.8, 4) is 10.6 Å². The summed E-state index contributed by atoms with van der Waals surface area (Å²) in [5.41, 5.74) is 2.50. The van der Waals surface area contributed by atoms with E-state index in [0.717, 1.165) is 62.9 Å². The van der Waals surface area contributed by atoms with Gasteiger partial charge in [-0.1, -0.05) is 29.8 Å². The van der Waals surface area contributed by atoms with Gasteiger partial charge in [-0.3, -0.25) is 4.90 Å². The molecule has 0 atom stereocenters. The third-order valence-electron chi connectivity index (χ3n) is 5.84. The second-order valence-electron chi connectivity index (χ2n) is 7.85. The van der Waals surface area contributed by atoms with Crippen molar-refractivity contribution in [2.24, 2.45) is 0 Å². The van der Waals surface area contributed by atoms with E-state index in [1.165, 1.54) is 21.8 Å². The van der Waals surface area contributed by atoms with Gasteiger partial charge in [0, 0.05) is 42.2 Å². The SMILES string of the molecule is Cc1ccc(-c2ncc(CN3CCC(c4nnc5n4CCNC5)CC3)s2)cc1. The van der Waals surface area contributed by atoms with E-state index in [2.05, 4.69) is 61.2 Å². The van der Waals surface area contributed by atoms with Gasteiger partial charge < -0.3 is 9.88 Å². The first-order valence-corrected chi connectivity index (χ1v) is 10.9. The number of rotatable bonds is 4. The number of piperidine rings is 1. The normalized spacial score (nSPS) is 18.3. The monoisotopic (exact) mass is 394 g/mol. The molecule has 0 unspecified atom stereocenters. The van der Waals surface area contributed by atoms with Crippen LogP contribution in [0.3, 0.4) is 0 Å². The third-order valence-corrected chi connectivity index (χ3v) is 6.87. The number of benzene rings is 1. The fourth-order valence-corrected chi connectivity index (χ4v) is 5.16. The van der Waals surface area contributed by atoms with Crippen LogP contribution in [-0.2, 0) is 19.6 Å². The minimum atomic E-state index is 0.542. The van der Waals surface area contributed by atoms with E-state index in [1.807, 2.05) is 17.5 Å². The molecular weight excluding hydrogens is 368 g/mol. The van der Waals surface area contributed by atoms with Crippen molar-refractivity contribution in [1.29, 1.82) is 0 Å². The minimum Gasteiger partial charge on any atom is -0.312 e. The summed E-state index contributed by atoms with van der Waals surface area (Å²) in [5, 5.41) is 13.4. The Morgan fingerprint density at radius 3 is 2.75 bits per heavy atom. The van der Waals surface area contributed by atoms with Gasteiger partial charge in [-0.2, -0.15) is 0 Å². The molecule has 0 amide bonds. The number of fused-ring (bicyclic) bond motifs is 1. The van der Waals surface area contributed by atoms with E-state index < -0.39 is 0 Å². The van der Waals surface area contributed by atoms with Crippen LogP contribution in [0, 0.1) is 6.92 Å². The molecule has 1 aromatic carbocycles. The van der Waals surface area contributed by atoms with Crippen molar-refractivity contribution in [3.63, 3.8) is 0 Å². The number of likely N-dealkylation sites (tertiary alicyclic amines) is 1. The van der Waals surface area contributed by atoms with Gasteiger partial charge in [-0.15, -0.1) is 21.5 Å². The lowest BCUT2D eigenvalue weighted by atomic mass is 9.95. The number of nitrogens with one attached hydrogen (secondary N) is 1. The van der Waals surface area contributed by atoms with Crippen molar-refractivity contribution < 1.29 is 0 Å². The van der Waals surface area contributed by atoms with Crippen molar-refractivity contribution in [2.75, 3.05) is 19.6 Å². The van der Waals surface area contributed by atoms with E-state index in [-0.39, 0.29) is 0 Å². The molecule has 28 heavy (non-hydrogen) atoms. The molecule has 2 aliphatic rings. The molecule has 2 aromatic heterocycles. The van der Waals surface area contributed by atoms with Crippen LogP contribution < -0.4 is 5.32 Å². The fraction of sp³-hybridized carbons (Fsp3) is 0.476. The molecule has 3 aromatic rings. The number of aryl methyl sites for hydroxylation is 1. The summed E-state index contributed by atoms with van der Waals surface area (Å²) < 4.78 is 2.34. The molecule has 0 radical (unpaired) electrons. The number of thiazole rings is 1. The molecule has 1 saturated heterocycles. The van der Waals surface area contributed by atoms with Gasteiger partial charge in [0.2, 0.25) is 0 Å². The fourth-order valence-electron chi connectivity index (χ4n) is 4.20. The van der Waals surface area contributed by atoms with Gasteiger partial charge in [0.1, 0.15) is 16.7 Å². The largest absolute Gasteiger partial charge is 0.312 e. The molecule has 4 heterocycles. The van der Waals surface area contributed by atoms with Crippen molar-refractivity contribution >= 4 is 11.3 Å². The maximum absolute atomic E-state index is 4.65. The van der Waals surface area contributed by atoms with Crippen LogP contribution in [-0.4, -0.2) is 44.3 Å². The van der Waals surface area contributed by atoms with Crippen LogP contribution in [0.4, 0.5) is 0 Å². The van der Waals surface area contributed by atoms with Crippen LogP contribution in [0.1, 0.15) is 40.8 Å². The van der Waals surface area contributed by atoms with Gasteiger partial charge in [-0.05, 0) is 32.9 Å². The summed E-state index contributed by atoms with van der Waals surface area (Å²) >= 11 is 1.82. The molecule has 146 valence electrons. The summed E-state index contributed by atoms with van der Waals surface area (Å²) in [6, 6.07) is 8.64. The zero-order valence-corrected chi connectivity index (χ0v) is 17.1. The molecule has 1 N–H and O–H groups in total. The molecular formula is C21H26N6S. The van der Waals surface area contributed by atoms with E-state index in [1.54, 1.807) is 0 Å². The number of nitrogens with zero attached hydrogens (tertiary/aromatic N) is 5. The maximum atomic E-state index is 4.65. The number of hydrogen-bond donors (Lipinski definition) is 1. The van der Waals surface area contributed by atoms with Crippen molar-refractivity contribution in [3.05, 3.63) is 52.6 Å². The Bertz CT molecular complexity index is 936. The average Bonchev–Trinajstić information content (AvgIpc) is 3.36. The van der Waals surface area contributed by atoms with E-state index in [9.17, 15) is 0 Å². The molecule has 0 spiro atoms. The van der Waals surface area contributed by atoms with Crippen molar-refractivity contribution in [1.82, 2.24) is 30.0 Å². The van der Waals surface area contributed by atoms with Crippen LogP contribution in [0.2, 0.25) is 0 Å². The molecule has 0 bridgehead atoms. The predicted molar refractivity (Wildman–Crippen MR) is 111 cm³/mol. The molecule has 5 rings (SSSR count). The lowest BCUT2D eigenvalue weighted by Crippen LogP contribution is -2.34. The van der Waals surface area contributed by atoms with Crippen LogP contribution in [0.5, 0.6) is 0 Å². The number of aromatic nitrogens is 4. The first-order valence-electron chi connectivity index (χ1n) is 10.1. The van der Waals surface area contributed by atoms with Crippen LogP contribution in [0.25, 0.3) is 10.6 Å². The average molecular weight is 395 g/mol. The van der Waals surface area contributed by atoms with E-state index >= 15 is 0 Å². The molecule has 2 aliphatic heterocycles. The Morgan fingerprint density at radius 2 is 1.93 bits per heavy atom. The highest BCUT2D eigenvalue weighted by molar-refractivity contribution is 7.15. The summed E-state index contributed by atoms with van der Waals surface area (Å²) in [5.74, 6) is 2.84. The Labute approximate surface area is 169 Å². The third kappa shape index (κ3) is 3.62. The Kier molecular flexibility index (Phi) is 4.96. The molecule has 7 heteroatoms. The smallest absolute Gasteiger partial charge is 0.147 e. The Hall–Kier alpha value is -2.09. The van der Waals surface area contributed by atoms with Crippen LogP contribution >= 0.6 is 11.3 Å². The van der Waals surface area contributed by atoms with Gasteiger partial charge in [0.05, 0.1) is 6.54 Å². The van der Waals surface area contributed by atoms with Gasteiger partial charge in [-0.25, -0.2) is 4.98 Å². The first-order chi connectivity index (χ1) is 13.8. The summed E-state index contributed by atoms with van der Waals surface area (Å²) in [4.78, 5) is 8.55. The molecule has 1 fully saturated rings. The lowest BCUT2D eigenvalue weighted by Gasteiger charge is -2.31. The highest BCUT2D eigenvalue weighted by atomic mass is 32.1. The zero-order valence-electron chi connectivity index (χ0n) is 16.3. The predicted octanol–water partition coefficient (Wildman–Crippen LogP) is 3.19. The quantitative estimate of drug-likeness (QED) is 0.736. The zero-order chi connectivity index (χ0) is 18.9. The summed E-state index contributed by atoms with van der Waals surface area (Å²) in [6.45, 7) is 8.21. The second-order valence-corrected chi connectivity index (χ2v) is 8.97. The maximum Gasteiger partial charge on any atom is 0.147 e. The standard InChI is InChI=1S/C21H26N6S/c1-15-2-4-17(5-3-15)21-23-12-18(28-21)14-26-9-6-16(7-10-26)20-25-24-19-13-22-8-11-27(19)20/h2-5,12,16,22H,6-11,13-14H2,1H3. The summed E-state index contributed by atoms with van der Waals surface area (Å²) in [6.07, 6.45) is 4.37. The molecule has 6 nitrogen and oxygen atoms in total. The van der Waals surface area contributed by atoms with E-state index in [0.29, 0.717) is 5.92 Å². The lowest BCUT2D eigenvalue weighted by molar-refractivity contribution is 0.201. The molecule has 0 aliphatic carbocycles. The first kappa shape index (κ1) is 18.0. The van der Waals surface area contributed by atoms with Crippen molar-refractivity contribution in [2.45, 2.75) is 45.3 Å². The second kappa shape index (κ2) is 7.73. The van der Waals surface area contributed by atoms with E-state index in [4.69, 9.17) is 0 Å². The highest BCUT2D eigenvalue weighted by Crippen LogP contribution is 2.30. The van der Waals surface area contributed by atoms with Gasteiger partial charge in [0.25, 0.3) is 0 Å². The highest BCUT2D eigenvalue weighted by Gasteiger charge is 2.27. The Morgan fingerprint density at radius 1 is 1.11 bits per heavy atom. The topological polar surface area (TPSA) is 58.9 Å². The minimum absolute atomic E-state index is 0.542. The van der Waals surface area contributed by atoms with Gasteiger partial charge >= 0.3 is 0 Å². The molecule has 0 saturated carbocycles. The summed E-state index contributed by atoms with van der Waals surface area (Å²) in [7, 11) is 0. The Balaban J connectivity index is 1.20. The number of hydrogen-bond acceptors (Lipinski definition) is 6. The van der Waals surface area contributed by atoms with Crippen LogP contribution in [0.15, 0.2) is 30.5 Å².